The lowest BCUT2D eigenvalue weighted by molar-refractivity contribution is -0.00550. The van der Waals surface area contributed by atoms with Crippen LogP contribution in [0, 0.1) is 0 Å². The summed E-state index contributed by atoms with van der Waals surface area (Å²) in [6.07, 6.45) is 4.63. The summed E-state index contributed by atoms with van der Waals surface area (Å²) in [6, 6.07) is 0. The normalized spacial score (nSPS) is 15.8. The van der Waals surface area contributed by atoms with Crippen LogP contribution in [0.2, 0.25) is 0 Å². The molecular weight excluding hydrogens is 289 g/mol. The quantitative estimate of drug-likeness (QED) is 0.449. The fraction of sp³-hybridized carbons (Fsp3) is 0.500. The molecule has 0 aromatic carbocycles. The average Bonchev–Trinajstić information content (AvgIpc) is 2.22. The van der Waals surface area contributed by atoms with Crippen molar-refractivity contribution < 1.29 is 4.79 Å². The minimum Gasteiger partial charge on any atom is -0.371 e. The molecule has 0 bridgehead atoms. The summed E-state index contributed by atoms with van der Waals surface area (Å²) in [7, 11) is 0. The van der Waals surface area contributed by atoms with Crippen molar-refractivity contribution in [2.75, 3.05) is 13.1 Å². The molecule has 0 fully saturated rings. The van der Waals surface area contributed by atoms with Gasteiger partial charge in [0.2, 0.25) is 0 Å². The Kier molecular flexibility index (Phi) is 4.35. The van der Waals surface area contributed by atoms with E-state index in [2.05, 4.69) is 46.1 Å². The lowest BCUT2D eigenvalue weighted by Gasteiger charge is -2.24. The second-order valence-corrected chi connectivity index (χ2v) is 4.37. The van der Waals surface area contributed by atoms with Crippen molar-refractivity contribution in [3.8, 4) is 0 Å². The highest BCUT2D eigenvalue weighted by atomic mass is 127. The monoisotopic (exact) mass is 303 g/mol. The molecule has 0 aliphatic heterocycles. The van der Waals surface area contributed by atoms with Gasteiger partial charge in [0.25, 0.3) is 5.71 Å². The smallest absolute Gasteiger partial charge is 0.296 e. The van der Waals surface area contributed by atoms with E-state index >= 15 is 0 Å². The van der Waals surface area contributed by atoms with E-state index in [0.717, 1.165) is 25.2 Å². The molecule has 0 saturated heterocycles. The van der Waals surface area contributed by atoms with E-state index in [0.29, 0.717) is 0 Å². The van der Waals surface area contributed by atoms with E-state index in [1.165, 1.54) is 9.28 Å². The summed E-state index contributed by atoms with van der Waals surface area (Å²) in [5, 5.41) is 0. The maximum atomic E-state index is 8.65. The molecular formula is C10H14IN3. The van der Waals surface area contributed by atoms with Crippen LogP contribution < -0.4 is 0 Å². The third kappa shape index (κ3) is 2.45. The molecule has 0 N–H and O–H groups in total. The van der Waals surface area contributed by atoms with Crippen LogP contribution in [0.3, 0.4) is 0 Å². The predicted molar refractivity (Wildman–Crippen MR) is 66.4 cm³/mol. The number of likely N-dealkylation sites (N-methyl/N-ethyl adjacent to an activating group) is 1. The zero-order valence-corrected chi connectivity index (χ0v) is 10.7. The summed E-state index contributed by atoms with van der Waals surface area (Å²) in [4.78, 5) is 5.51. The van der Waals surface area contributed by atoms with E-state index in [1.54, 1.807) is 0 Å². The molecule has 0 radical (unpaired) electrons. The first-order chi connectivity index (χ1) is 6.72. The van der Waals surface area contributed by atoms with Crippen LogP contribution in [-0.4, -0.2) is 28.5 Å². The Hall–Kier alpha value is -0.610. The number of nitrogens with zero attached hydrogens (tertiary/aromatic N) is 3. The van der Waals surface area contributed by atoms with Gasteiger partial charge in [-0.3, -0.25) is 0 Å². The number of hydrogen-bond acceptors (Lipinski definition) is 1. The Morgan fingerprint density at radius 3 is 2.50 bits per heavy atom. The zero-order chi connectivity index (χ0) is 10.6. The topological polar surface area (TPSA) is 39.6 Å². The van der Waals surface area contributed by atoms with Gasteiger partial charge in [-0.05, 0) is 42.5 Å². The van der Waals surface area contributed by atoms with E-state index in [9.17, 15) is 0 Å². The highest BCUT2D eigenvalue weighted by Crippen LogP contribution is 2.25. The Labute approximate surface area is 98.2 Å². The summed E-state index contributed by atoms with van der Waals surface area (Å²) in [6.45, 7) is 6.30. The van der Waals surface area contributed by atoms with Gasteiger partial charge in [0, 0.05) is 28.4 Å². The lowest BCUT2D eigenvalue weighted by atomic mass is 10.1. The van der Waals surface area contributed by atoms with Crippen LogP contribution in [0.1, 0.15) is 20.3 Å². The molecule has 1 aliphatic carbocycles. The molecule has 0 unspecified atom stereocenters. The highest BCUT2D eigenvalue weighted by molar-refractivity contribution is 14.1. The van der Waals surface area contributed by atoms with Gasteiger partial charge < -0.3 is 10.4 Å². The van der Waals surface area contributed by atoms with E-state index in [1.807, 2.05) is 12.2 Å². The summed E-state index contributed by atoms with van der Waals surface area (Å²) in [5.74, 6) is 0. The van der Waals surface area contributed by atoms with E-state index < -0.39 is 0 Å². The van der Waals surface area contributed by atoms with Crippen LogP contribution in [0.25, 0.3) is 5.53 Å². The summed E-state index contributed by atoms with van der Waals surface area (Å²) < 4.78 is 1.24. The number of halogens is 1. The molecule has 1 aliphatic rings. The van der Waals surface area contributed by atoms with Gasteiger partial charge in [-0.2, -0.15) is 4.79 Å². The second-order valence-electron chi connectivity index (χ2n) is 3.06. The van der Waals surface area contributed by atoms with Crippen molar-refractivity contribution in [3.63, 3.8) is 0 Å². The Bertz CT molecular complexity index is 320. The largest absolute Gasteiger partial charge is 0.371 e. The van der Waals surface area contributed by atoms with Crippen LogP contribution in [0.15, 0.2) is 21.4 Å². The van der Waals surface area contributed by atoms with Crippen LogP contribution in [0.4, 0.5) is 0 Å². The fourth-order valence-electron chi connectivity index (χ4n) is 1.48. The molecule has 14 heavy (non-hydrogen) atoms. The Morgan fingerprint density at radius 1 is 1.43 bits per heavy atom. The third-order valence-corrected chi connectivity index (χ3v) is 3.21. The molecule has 4 heteroatoms. The zero-order valence-electron chi connectivity index (χ0n) is 8.50. The van der Waals surface area contributed by atoms with E-state index in [-0.39, 0.29) is 0 Å². The predicted octanol–water partition coefficient (Wildman–Crippen LogP) is 2.61. The van der Waals surface area contributed by atoms with Crippen molar-refractivity contribution in [1.82, 2.24) is 4.90 Å². The number of rotatable bonds is 3. The number of hydrogen-bond donors (Lipinski definition) is 0. The molecule has 0 saturated carbocycles. The first-order valence-corrected chi connectivity index (χ1v) is 5.83. The van der Waals surface area contributed by atoms with Gasteiger partial charge in [0.05, 0.1) is 6.42 Å². The second kappa shape index (κ2) is 5.32. The first kappa shape index (κ1) is 11.5. The van der Waals surface area contributed by atoms with Crippen molar-refractivity contribution in [3.05, 3.63) is 27.0 Å². The fourth-order valence-corrected chi connectivity index (χ4v) is 2.40. The maximum Gasteiger partial charge on any atom is 0.296 e. The van der Waals surface area contributed by atoms with E-state index in [4.69, 9.17) is 5.53 Å². The van der Waals surface area contributed by atoms with Gasteiger partial charge in [-0.1, -0.05) is 0 Å². The van der Waals surface area contributed by atoms with Crippen LogP contribution in [-0.2, 0) is 0 Å². The standard InChI is InChI=1S/C10H14IN3/c1-3-14(4-2)10-6-5-8(13-12)7-9(10)11/h5-6H,3-4,7H2,1-2H3. The van der Waals surface area contributed by atoms with Gasteiger partial charge in [-0.15, -0.1) is 0 Å². The van der Waals surface area contributed by atoms with Crippen molar-refractivity contribution in [2.45, 2.75) is 20.3 Å². The van der Waals surface area contributed by atoms with Crippen molar-refractivity contribution in [2.24, 2.45) is 0 Å². The van der Waals surface area contributed by atoms with Crippen LogP contribution in [0.5, 0.6) is 0 Å². The van der Waals surface area contributed by atoms with Gasteiger partial charge >= 0.3 is 0 Å². The SMILES string of the molecule is CCN(CC)C1=C(I)CC(=[N+]=[N-])C=C1. The molecule has 0 aromatic rings. The van der Waals surface area contributed by atoms with Crippen molar-refractivity contribution in [1.29, 1.82) is 0 Å². The molecule has 1 rings (SSSR count). The molecule has 0 atom stereocenters. The summed E-state index contributed by atoms with van der Waals surface area (Å²) in [5.41, 5.74) is 10.6. The third-order valence-electron chi connectivity index (χ3n) is 2.28. The molecule has 3 nitrogen and oxygen atoms in total. The Morgan fingerprint density at radius 2 is 2.07 bits per heavy atom. The Balaban J connectivity index is 2.91. The first-order valence-electron chi connectivity index (χ1n) is 4.75. The minimum absolute atomic E-state index is 0.727. The molecule has 0 spiro atoms. The molecule has 0 heterocycles. The van der Waals surface area contributed by atoms with Crippen LogP contribution >= 0.6 is 22.6 Å². The minimum atomic E-state index is 0.727. The van der Waals surface area contributed by atoms with Gasteiger partial charge in [0.1, 0.15) is 0 Å². The molecule has 0 amide bonds. The number of allylic oxidation sites excluding steroid dienone is 3. The molecule has 0 aromatic heterocycles. The average molecular weight is 303 g/mol. The maximum absolute atomic E-state index is 8.65. The van der Waals surface area contributed by atoms with Gasteiger partial charge in [0.15, 0.2) is 0 Å². The highest BCUT2D eigenvalue weighted by Gasteiger charge is 2.17. The lowest BCUT2D eigenvalue weighted by Crippen LogP contribution is -2.23. The van der Waals surface area contributed by atoms with Crippen molar-refractivity contribution >= 4 is 28.3 Å². The molecule has 76 valence electrons. The van der Waals surface area contributed by atoms with Gasteiger partial charge in [-0.25, -0.2) is 0 Å². The summed E-state index contributed by atoms with van der Waals surface area (Å²) >= 11 is 2.31.